The summed E-state index contributed by atoms with van der Waals surface area (Å²) in [5, 5.41) is 12.6. The summed E-state index contributed by atoms with van der Waals surface area (Å²) in [5.74, 6) is 2.37. The Balaban J connectivity index is 2.27. The van der Waals surface area contributed by atoms with Gasteiger partial charge >= 0.3 is 0 Å². The van der Waals surface area contributed by atoms with Crippen molar-refractivity contribution in [3.05, 3.63) is 29.6 Å². The lowest BCUT2D eigenvalue weighted by Crippen LogP contribution is -2.14. The Morgan fingerprint density at radius 3 is 2.94 bits per heavy atom. The summed E-state index contributed by atoms with van der Waals surface area (Å²) in [4.78, 5) is 0. The van der Waals surface area contributed by atoms with Crippen molar-refractivity contribution in [1.82, 2.24) is 5.32 Å². The van der Waals surface area contributed by atoms with Crippen LogP contribution in [0, 0.1) is 18.2 Å². The van der Waals surface area contributed by atoms with Gasteiger partial charge in [-0.2, -0.15) is 0 Å². The van der Waals surface area contributed by atoms with Gasteiger partial charge in [0, 0.05) is 18.5 Å². The lowest BCUT2D eigenvalue weighted by molar-refractivity contribution is 0.461. The van der Waals surface area contributed by atoms with Crippen LogP contribution in [-0.4, -0.2) is 11.7 Å². The standard InChI is InChI=1S/C13H16FNO/c1-2-3-4-5-8-15-10-11-9-12(14)6-7-13(11)16/h1,6-7,9,15-16H,3-5,8,10H2. The summed E-state index contributed by atoms with van der Waals surface area (Å²) in [7, 11) is 0. The largest absolute Gasteiger partial charge is 0.508 e. The topological polar surface area (TPSA) is 32.3 Å². The molecule has 2 N–H and O–H groups in total. The Labute approximate surface area is 95.5 Å². The normalized spacial score (nSPS) is 10.0. The van der Waals surface area contributed by atoms with Crippen molar-refractivity contribution in [2.45, 2.75) is 25.8 Å². The zero-order valence-corrected chi connectivity index (χ0v) is 9.17. The smallest absolute Gasteiger partial charge is 0.123 e. The number of hydrogen-bond donors (Lipinski definition) is 2. The number of phenolic OH excluding ortho intramolecular Hbond substituents is 1. The van der Waals surface area contributed by atoms with Gasteiger partial charge in [-0.25, -0.2) is 4.39 Å². The number of rotatable bonds is 6. The number of hydrogen-bond acceptors (Lipinski definition) is 2. The van der Waals surface area contributed by atoms with Crippen LogP contribution in [0.25, 0.3) is 0 Å². The van der Waals surface area contributed by atoms with Crippen molar-refractivity contribution >= 4 is 0 Å². The van der Waals surface area contributed by atoms with E-state index in [9.17, 15) is 9.50 Å². The van der Waals surface area contributed by atoms with Crippen molar-refractivity contribution < 1.29 is 9.50 Å². The van der Waals surface area contributed by atoms with E-state index in [2.05, 4.69) is 11.2 Å². The van der Waals surface area contributed by atoms with E-state index in [0.717, 1.165) is 25.8 Å². The van der Waals surface area contributed by atoms with Gasteiger partial charge in [-0.1, -0.05) is 0 Å². The second kappa shape index (κ2) is 6.86. The highest BCUT2D eigenvalue weighted by atomic mass is 19.1. The van der Waals surface area contributed by atoms with E-state index < -0.39 is 0 Å². The van der Waals surface area contributed by atoms with Gasteiger partial charge < -0.3 is 10.4 Å². The van der Waals surface area contributed by atoms with Crippen LogP contribution in [0.1, 0.15) is 24.8 Å². The summed E-state index contributed by atoms with van der Waals surface area (Å²) in [6, 6.07) is 3.94. The van der Waals surface area contributed by atoms with Crippen molar-refractivity contribution in [3.8, 4) is 18.1 Å². The van der Waals surface area contributed by atoms with Gasteiger partial charge in [0.2, 0.25) is 0 Å². The fraction of sp³-hybridized carbons (Fsp3) is 0.385. The highest BCUT2D eigenvalue weighted by Gasteiger charge is 2.01. The summed E-state index contributed by atoms with van der Waals surface area (Å²) >= 11 is 0. The molecule has 0 saturated heterocycles. The Morgan fingerprint density at radius 1 is 1.38 bits per heavy atom. The molecule has 1 aromatic carbocycles. The number of phenols is 1. The summed E-state index contributed by atoms with van der Waals surface area (Å²) in [6.45, 7) is 1.29. The fourth-order valence-corrected chi connectivity index (χ4v) is 1.40. The molecule has 0 aliphatic rings. The van der Waals surface area contributed by atoms with E-state index in [1.807, 2.05) is 0 Å². The number of halogens is 1. The van der Waals surface area contributed by atoms with E-state index >= 15 is 0 Å². The van der Waals surface area contributed by atoms with Gasteiger partial charge in [0.15, 0.2) is 0 Å². The van der Waals surface area contributed by atoms with Gasteiger partial charge in [0.25, 0.3) is 0 Å². The summed E-state index contributed by atoms with van der Waals surface area (Å²) in [6.07, 6.45) is 7.88. The van der Waals surface area contributed by atoms with E-state index in [1.165, 1.54) is 18.2 Å². The third-order valence-corrected chi connectivity index (χ3v) is 2.28. The molecular formula is C13H16FNO. The minimum Gasteiger partial charge on any atom is -0.508 e. The van der Waals surface area contributed by atoms with Gasteiger partial charge in [0.05, 0.1) is 0 Å². The third kappa shape index (κ3) is 4.33. The van der Waals surface area contributed by atoms with Crippen LogP contribution in [0.3, 0.4) is 0 Å². The van der Waals surface area contributed by atoms with Crippen LogP contribution in [-0.2, 0) is 6.54 Å². The molecule has 0 fully saturated rings. The Hall–Kier alpha value is -1.53. The van der Waals surface area contributed by atoms with Crippen molar-refractivity contribution in [2.24, 2.45) is 0 Å². The van der Waals surface area contributed by atoms with Crippen molar-refractivity contribution in [3.63, 3.8) is 0 Å². The Kier molecular flexibility index (Phi) is 5.38. The van der Waals surface area contributed by atoms with Crippen LogP contribution in [0.15, 0.2) is 18.2 Å². The number of unbranched alkanes of at least 4 members (excludes halogenated alkanes) is 2. The van der Waals surface area contributed by atoms with Crippen molar-refractivity contribution in [1.29, 1.82) is 0 Å². The van der Waals surface area contributed by atoms with Gasteiger partial charge in [-0.3, -0.25) is 0 Å². The molecule has 0 unspecified atom stereocenters. The van der Waals surface area contributed by atoms with Crippen molar-refractivity contribution in [2.75, 3.05) is 6.54 Å². The molecule has 16 heavy (non-hydrogen) atoms. The third-order valence-electron chi connectivity index (χ3n) is 2.28. The summed E-state index contributed by atoms with van der Waals surface area (Å²) in [5.41, 5.74) is 0.581. The van der Waals surface area contributed by atoms with Crippen LogP contribution in [0.5, 0.6) is 5.75 Å². The Bertz CT molecular complexity index is 371. The average molecular weight is 221 g/mol. The van der Waals surface area contributed by atoms with Gasteiger partial charge in [-0.05, 0) is 37.6 Å². The number of aromatic hydroxyl groups is 1. The van der Waals surface area contributed by atoms with Gasteiger partial charge in [-0.15, -0.1) is 12.3 Å². The molecule has 86 valence electrons. The van der Waals surface area contributed by atoms with E-state index in [0.29, 0.717) is 12.1 Å². The lowest BCUT2D eigenvalue weighted by atomic mass is 10.2. The predicted octanol–water partition coefficient (Wildman–Crippen LogP) is 2.42. The summed E-state index contributed by atoms with van der Waals surface area (Å²) < 4.78 is 12.9. The minimum atomic E-state index is -0.332. The number of benzene rings is 1. The van der Waals surface area contributed by atoms with Crippen LogP contribution >= 0.6 is 0 Å². The molecule has 0 heterocycles. The predicted molar refractivity (Wildman–Crippen MR) is 62.5 cm³/mol. The first-order chi connectivity index (χ1) is 7.74. The second-order valence-corrected chi connectivity index (χ2v) is 3.61. The molecular weight excluding hydrogens is 205 g/mol. The van der Waals surface area contributed by atoms with Crippen LogP contribution in [0.2, 0.25) is 0 Å². The molecule has 3 heteroatoms. The molecule has 0 bridgehead atoms. The van der Waals surface area contributed by atoms with E-state index in [4.69, 9.17) is 6.42 Å². The van der Waals surface area contributed by atoms with Gasteiger partial charge in [0.1, 0.15) is 11.6 Å². The lowest BCUT2D eigenvalue weighted by Gasteiger charge is -2.06. The Morgan fingerprint density at radius 2 is 2.19 bits per heavy atom. The molecule has 0 amide bonds. The fourth-order valence-electron chi connectivity index (χ4n) is 1.40. The molecule has 0 radical (unpaired) electrons. The first-order valence-corrected chi connectivity index (χ1v) is 5.35. The quantitative estimate of drug-likeness (QED) is 0.571. The molecule has 1 rings (SSSR count). The molecule has 0 aliphatic heterocycles. The molecule has 0 aliphatic carbocycles. The monoisotopic (exact) mass is 221 g/mol. The molecule has 0 spiro atoms. The zero-order chi connectivity index (χ0) is 11.8. The zero-order valence-electron chi connectivity index (χ0n) is 9.17. The van der Waals surface area contributed by atoms with Crippen LogP contribution in [0.4, 0.5) is 4.39 Å². The highest BCUT2D eigenvalue weighted by molar-refractivity contribution is 5.32. The number of nitrogens with one attached hydrogen (secondary N) is 1. The minimum absolute atomic E-state index is 0.123. The van der Waals surface area contributed by atoms with E-state index in [-0.39, 0.29) is 11.6 Å². The maximum absolute atomic E-state index is 12.9. The highest BCUT2D eigenvalue weighted by Crippen LogP contribution is 2.17. The van der Waals surface area contributed by atoms with E-state index in [1.54, 1.807) is 0 Å². The molecule has 1 aromatic rings. The first kappa shape index (κ1) is 12.5. The molecule has 2 nitrogen and oxygen atoms in total. The maximum Gasteiger partial charge on any atom is 0.123 e. The molecule has 0 aromatic heterocycles. The average Bonchev–Trinajstić information content (AvgIpc) is 2.28. The molecule has 0 atom stereocenters. The maximum atomic E-state index is 12.9. The SMILES string of the molecule is C#CCCCCNCc1cc(F)ccc1O. The first-order valence-electron chi connectivity index (χ1n) is 5.35. The second-order valence-electron chi connectivity index (χ2n) is 3.61. The molecule has 0 saturated carbocycles. The van der Waals surface area contributed by atoms with Crippen LogP contribution < -0.4 is 5.32 Å². The number of terminal acetylenes is 1.